The molecule has 1 unspecified atom stereocenters. The van der Waals surface area contributed by atoms with Crippen molar-refractivity contribution in [2.75, 3.05) is 6.61 Å². The molecule has 0 radical (unpaired) electrons. The molecular formula is C16H22N2O4. The molecule has 120 valence electrons. The molecule has 2 amide bonds. The monoisotopic (exact) mass is 306 g/mol. The molecule has 0 aliphatic carbocycles. The van der Waals surface area contributed by atoms with Crippen molar-refractivity contribution in [3.63, 3.8) is 0 Å². The molecule has 0 spiro atoms. The number of amides is 2. The molecule has 2 rings (SSSR count). The summed E-state index contributed by atoms with van der Waals surface area (Å²) in [6.45, 7) is 5.04. The van der Waals surface area contributed by atoms with Crippen molar-refractivity contribution in [1.29, 1.82) is 0 Å². The molecule has 6 heteroatoms. The maximum atomic E-state index is 11.9. The zero-order valence-corrected chi connectivity index (χ0v) is 12.9. The van der Waals surface area contributed by atoms with Gasteiger partial charge in [-0.3, -0.25) is 0 Å². The van der Waals surface area contributed by atoms with Crippen LogP contribution in [0.15, 0.2) is 24.3 Å². The Morgan fingerprint density at radius 2 is 2.00 bits per heavy atom. The van der Waals surface area contributed by atoms with Gasteiger partial charge in [0.15, 0.2) is 0 Å². The third-order valence-electron chi connectivity index (χ3n) is 3.69. The molecule has 1 aromatic carbocycles. The lowest BCUT2D eigenvalue weighted by Gasteiger charge is -2.35. The van der Waals surface area contributed by atoms with Crippen LogP contribution in [0.1, 0.15) is 42.6 Å². The van der Waals surface area contributed by atoms with E-state index in [-0.39, 0.29) is 23.2 Å². The summed E-state index contributed by atoms with van der Waals surface area (Å²) < 4.78 is 5.62. The molecule has 1 aliphatic heterocycles. The van der Waals surface area contributed by atoms with Crippen LogP contribution in [-0.2, 0) is 11.3 Å². The van der Waals surface area contributed by atoms with E-state index in [1.165, 1.54) is 12.1 Å². The number of nitrogens with one attached hydrogen (secondary N) is 2. The maximum Gasteiger partial charge on any atom is 0.335 e. The molecule has 3 N–H and O–H groups in total. The second-order valence-electron chi connectivity index (χ2n) is 6.13. The number of rotatable bonds is 4. The summed E-state index contributed by atoms with van der Waals surface area (Å²) in [4.78, 5) is 22.7. The summed E-state index contributed by atoms with van der Waals surface area (Å²) in [5.41, 5.74) is 0.883. The van der Waals surface area contributed by atoms with Gasteiger partial charge in [-0.15, -0.1) is 0 Å². The molecule has 1 heterocycles. The van der Waals surface area contributed by atoms with Gasteiger partial charge in [-0.1, -0.05) is 12.1 Å². The topological polar surface area (TPSA) is 87.7 Å². The van der Waals surface area contributed by atoms with Crippen LogP contribution in [0.5, 0.6) is 0 Å². The fourth-order valence-corrected chi connectivity index (χ4v) is 2.54. The van der Waals surface area contributed by atoms with E-state index in [0.29, 0.717) is 13.2 Å². The van der Waals surface area contributed by atoms with Crippen LogP contribution in [0.4, 0.5) is 4.79 Å². The van der Waals surface area contributed by atoms with E-state index in [9.17, 15) is 9.59 Å². The van der Waals surface area contributed by atoms with Gasteiger partial charge in [0.1, 0.15) is 0 Å². The molecule has 0 saturated carbocycles. The Kier molecular flexibility index (Phi) is 5.03. The van der Waals surface area contributed by atoms with Crippen molar-refractivity contribution < 1.29 is 19.4 Å². The van der Waals surface area contributed by atoms with Crippen molar-refractivity contribution in [2.45, 2.75) is 44.9 Å². The normalized spacial score (nSPS) is 20.2. The summed E-state index contributed by atoms with van der Waals surface area (Å²) in [6.07, 6.45) is 1.60. The zero-order chi connectivity index (χ0) is 16.2. The van der Waals surface area contributed by atoms with Gasteiger partial charge in [0.2, 0.25) is 0 Å². The minimum absolute atomic E-state index is 0.109. The number of hydrogen-bond acceptors (Lipinski definition) is 3. The summed E-state index contributed by atoms with van der Waals surface area (Å²) in [5.74, 6) is -0.959. The Morgan fingerprint density at radius 1 is 1.32 bits per heavy atom. The Bertz CT molecular complexity index is 540. The Balaban J connectivity index is 1.79. The van der Waals surface area contributed by atoms with E-state index >= 15 is 0 Å². The highest BCUT2D eigenvalue weighted by Gasteiger charge is 2.29. The molecule has 1 aromatic rings. The first-order chi connectivity index (χ1) is 10.4. The van der Waals surface area contributed by atoms with Crippen molar-refractivity contribution >= 4 is 12.0 Å². The fourth-order valence-electron chi connectivity index (χ4n) is 2.54. The highest BCUT2D eigenvalue weighted by molar-refractivity contribution is 5.87. The van der Waals surface area contributed by atoms with Crippen LogP contribution < -0.4 is 10.6 Å². The lowest BCUT2D eigenvalue weighted by molar-refractivity contribution is -0.0611. The third kappa shape index (κ3) is 4.73. The van der Waals surface area contributed by atoms with Crippen LogP contribution in [0.2, 0.25) is 0 Å². The zero-order valence-electron chi connectivity index (χ0n) is 12.9. The van der Waals surface area contributed by atoms with E-state index in [1.54, 1.807) is 12.1 Å². The van der Waals surface area contributed by atoms with Crippen molar-refractivity contribution in [3.8, 4) is 0 Å². The number of carbonyl (C=O) groups is 2. The number of urea groups is 1. The molecule has 1 aliphatic rings. The van der Waals surface area contributed by atoms with Crippen molar-refractivity contribution in [1.82, 2.24) is 10.6 Å². The summed E-state index contributed by atoms with van der Waals surface area (Å²) in [5, 5.41) is 14.6. The minimum atomic E-state index is -0.959. The molecule has 1 fully saturated rings. The second kappa shape index (κ2) is 6.79. The fraction of sp³-hybridized carbons (Fsp3) is 0.500. The molecule has 6 nitrogen and oxygen atoms in total. The Morgan fingerprint density at radius 3 is 2.59 bits per heavy atom. The average Bonchev–Trinajstić information content (AvgIpc) is 2.44. The quantitative estimate of drug-likeness (QED) is 0.795. The summed E-state index contributed by atoms with van der Waals surface area (Å²) in [6, 6.07) is 6.34. The predicted molar refractivity (Wildman–Crippen MR) is 81.8 cm³/mol. The van der Waals surface area contributed by atoms with Gasteiger partial charge in [-0.2, -0.15) is 0 Å². The highest BCUT2D eigenvalue weighted by atomic mass is 16.5. The maximum absolute atomic E-state index is 11.9. The van der Waals surface area contributed by atoms with Crippen LogP contribution in [-0.4, -0.2) is 35.4 Å². The first-order valence-electron chi connectivity index (χ1n) is 7.36. The van der Waals surface area contributed by atoms with Crippen LogP contribution in [0.3, 0.4) is 0 Å². The predicted octanol–water partition coefficient (Wildman–Crippen LogP) is 2.14. The number of aromatic carboxylic acids is 1. The van der Waals surface area contributed by atoms with Gasteiger partial charge in [-0.05, 0) is 44.4 Å². The van der Waals surface area contributed by atoms with Gasteiger partial charge in [0.05, 0.1) is 11.2 Å². The van der Waals surface area contributed by atoms with Crippen LogP contribution in [0.25, 0.3) is 0 Å². The Labute approximate surface area is 129 Å². The molecule has 22 heavy (non-hydrogen) atoms. The summed E-state index contributed by atoms with van der Waals surface area (Å²) in [7, 11) is 0. The van der Waals surface area contributed by atoms with Crippen LogP contribution in [0, 0.1) is 0 Å². The lowest BCUT2D eigenvalue weighted by Crippen LogP contribution is -2.48. The number of carboxylic acid groups (broad SMARTS) is 1. The molecule has 0 bridgehead atoms. The lowest BCUT2D eigenvalue weighted by atomic mass is 9.94. The van der Waals surface area contributed by atoms with Gasteiger partial charge in [0, 0.05) is 19.2 Å². The smallest absolute Gasteiger partial charge is 0.335 e. The van der Waals surface area contributed by atoms with Gasteiger partial charge < -0.3 is 20.5 Å². The van der Waals surface area contributed by atoms with E-state index in [4.69, 9.17) is 9.84 Å². The largest absolute Gasteiger partial charge is 0.478 e. The van der Waals surface area contributed by atoms with Crippen molar-refractivity contribution in [3.05, 3.63) is 35.4 Å². The van der Waals surface area contributed by atoms with Gasteiger partial charge in [0.25, 0.3) is 0 Å². The highest BCUT2D eigenvalue weighted by Crippen LogP contribution is 2.23. The van der Waals surface area contributed by atoms with Crippen LogP contribution >= 0.6 is 0 Å². The average molecular weight is 306 g/mol. The van der Waals surface area contributed by atoms with E-state index in [1.807, 2.05) is 13.8 Å². The molecule has 0 aromatic heterocycles. The molecule has 1 saturated heterocycles. The molecule has 1 atom stereocenters. The number of hydrogen-bond donors (Lipinski definition) is 3. The first kappa shape index (κ1) is 16.3. The van der Waals surface area contributed by atoms with Crippen molar-refractivity contribution in [2.24, 2.45) is 0 Å². The third-order valence-corrected chi connectivity index (χ3v) is 3.69. The number of carbonyl (C=O) groups excluding carboxylic acids is 1. The van der Waals surface area contributed by atoms with E-state index < -0.39 is 5.97 Å². The number of benzene rings is 1. The van der Waals surface area contributed by atoms with E-state index in [2.05, 4.69) is 10.6 Å². The van der Waals surface area contributed by atoms with Gasteiger partial charge in [-0.25, -0.2) is 9.59 Å². The number of carboxylic acids is 1. The second-order valence-corrected chi connectivity index (χ2v) is 6.13. The first-order valence-corrected chi connectivity index (χ1v) is 7.36. The standard InChI is InChI=1S/C16H22N2O4/c1-16(2)9-13(7-8-22-16)18-15(21)17-10-11-3-5-12(6-4-11)14(19)20/h3-6,13H,7-10H2,1-2H3,(H,19,20)(H2,17,18,21). The van der Waals surface area contributed by atoms with Gasteiger partial charge >= 0.3 is 12.0 Å². The summed E-state index contributed by atoms with van der Waals surface area (Å²) >= 11 is 0. The minimum Gasteiger partial charge on any atom is -0.478 e. The Hall–Kier alpha value is -2.08. The number of ether oxygens (including phenoxy) is 1. The SMILES string of the molecule is CC1(C)CC(NC(=O)NCc2ccc(C(=O)O)cc2)CCO1. The molecular weight excluding hydrogens is 284 g/mol. The van der Waals surface area contributed by atoms with E-state index in [0.717, 1.165) is 18.4 Å².